The van der Waals surface area contributed by atoms with E-state index >= 15 is 0 Å². The molecule has 1 atom stereocenters. The fourth-order valence-corrected chi connectivity index (χ4v) is 3.63. The van der Waals surface area contributed by atoms with Crippen molar-refractivity contribution in [3.05, 3.63) is 69.8 Å². The Morgan fingerprint density at radius 1 is 1.04 bits per heavy atom. The number of ether oxygens (including phenoxy) is 1. The molecule has 0 aromatic heterocycles. The van der Waals surface area contributed by atoms with E-state index in [1.54, 1.807) is 19.1 Å². The number of esters is 1. The summed E-state index contributed by atoms with van der Waals surface area (Å²) in [5.74, 6) is -1.28. The lowest BCUT2D eigenvalue weighted by atomic mass is 9.93. The highest BCUT2D eigenvalue weighted by atomic mass is 19.1. The van der Waals surface area contributed by atoms with Crippen molar-refractivity contribution < 1.29 is 18.3 Å². The summed E-state index contributed by atoms with van der Waals surface area (Å²) in [4.78, 5) is 12.0. The van der Waals surface area contributed by atoms with Crippen LogP contribution in [-0.4, -0.2) is 12.1 Å². The molecule has 2 aromatic carbocycles. The van der Waals surface area contributed by atoms with Crippen LogP contribution in [0.15, 0.2) is 30.3 Å². The maximum atomic E-state index is 14.8. The highest BCUT2D eigenvalue weighted by Crippen LogP contribution is 2.26. The number of benzene rings is 2. The van der Waals surface area contributed by atoms with Crippen LogP contribution in [0.4, 0.5) is 8.78 Å². The van der Waals surface area contributed by atoms with Crippen LogP contribution in [0, 0.1) is 11.6 Å². The summed E-state index contributed by atoms with van der Waals surface area (Å²) in [5, 5.41) is 0. The molecule has 2 nitrogen and oxygen atoms in total. The number of halogens is 2. The van der Waals surface area contributed by atoms with Gasteiger partial charge in [-0.05, 0) is 60.9 Å². The molecule has 1 aliphatic rings. The number of aryl methyl sites for hydroxylation is 3. The van der Waals surface area contributed by atoms with Gasteiger partial charge < -0.3 is 4.74 Å². The molecule has 0 N–H and O–H groups in total. The van der Waals surface area contributed by atoms with Gasteiger partial charge in [0, 0.05) is 6.42 Å². The minimum Gasteiger partial charge on any atom is -0.459 e. The van der Waals surface area contributed by atoms with Crippen LogP contribution in [-0.2, 0) is 30.4 Å². The molecule has 0 fully saturated rings. The van der Waals surface area contributed by atoms with Crippen molar-refractivity contribution in [1.82, 2.24) is 0 Å². The summed E-state index contributed by atoms with van der Waals surface area (Å²) >= 11 is 0. The molecule has 1 unspecified atom stereocenters. The first kappa shape index (κ1) is 19.5. The summed E-state index contributed by atoms with van der Waals surface area (Å²) in [6, 6.07) is 8.84. The van der Waals surface area contributed by atoms with Gasteiger partial charge in [0.2, 0.25) is 0 Å². The van der Waals surface area contributed by atoms with E-state index in [9.17, 15) is 13.6 Å². The van der Waals surface area contributed by atoms with Crippen LogP contribution >= 0.6 is 0 Å². The average molecular weight is 372 g/mol. The smallest absolute Gasteiger partial charge is 0.341 e. The summed E-state index contributed by atoms with van der Waals surface area (Å²) in [5.41, 5.74) is 2.79. The molecular weight excluding hydrogens is 346 g/mol. The zero-order valence-electron chi connectivity index (χ0n) is 16.0. The minimum atomic E-state index is -0.592. The van der Waals surface area contributed by atoms with Gasteiger partial charge in [-0.1, -0.05) is 44.0 Å². The van der Waals surface area contributed by atoms with Crippen molar-refractivity contribution in [2.45, 2.75) is 64.9 Å². The number of cyclic esters (lactones) is 1. The van der Waals surface area contributed by atoms with Gasteiger partial charge in [-0.15, -0.1) is 0 Å². The number of hydrogen-bond acceptors (Lipinski definition) is 2. The number of carbonyl (C=O) groups excluding carboxylic acids is 1. The first-order valence-electron chi connectivity index (χ1n) is 9.78. The number of rotatable bonds is 7. The van der Waals surface area contributed by atoms with Crippen molar-refractivity contribution in [2.24, 2.45) is 0 Å². The number of carbonyl (C=O) groups is 1. The average Bonchev–Trinajstić information content (AvgIpc) is 2.62. The van der Waals surface area contributed by atoms with Crippen LogP contribution in [0.1, 0.15) is 65.7 Å². The van der Waals surface area contributed by atoms with Crippen molar-refractivity contribution in [1.29, 1.82) is 0 Å². The van der Waals surface area contributed by atoms with Gasteiger partial charge >= 0.3 is 5.97 Å². The Labute approximate surface area is 159 Å². The monoisotopic (exact) mass is 372 g/mol. The molecule has 1 heterocycles. The molecule has 27 heavy (non-hydrogen) atoms. The van der Waals surface area contributed by atoms with E-state index in [4.69, 9.17) is 4.74 Å². The van der Waals surface area contributed by atoms with Gasteiger partial charge in [0.15, 0.2) is 0 Å². The molecule has 0 radical (unpaired) electrons. The summed E-state index contributed by atoms with van der Waals surface area (Å²) < 4.78 is 34.2. The molecular formula is C23H26F2O2. The van der Waals surface area contributed by atoms with Crippen molar-refractivity contribution in [2.75, 3.05) is 0 Å². The zero-order chi connectivity index (χ0) is 19.4. The largest absolute Gasteiger partial charge is 0.459 e. The Morgan fingerprint density at radius 2 is 1.81 bits per heavy atom. The Hall–Kier alpha value is -2.23. The molecule has 0 saturated carbocycles. The fraction of sp³-hybridized carbons (Fsp3) is 0.435. The third-order valence-electron chi connectivity index (χ3n) is 5.18. The van der Waals surface area contributed by atoms with E-state index in [1.165, 1.54) is 0 Å². The fourth-order valence-electron chi connectivity index (χ4n) is 3.63. The van der Waals surface area contributed by atoms with E-state index < -0.39 is 11.8 Å². The van der Waals surface area contributed by atoms with Crippen molar-refractivity contribution in [3.8, 4) is 0 Å². The predicted molar refractivity (Wildman–Crippen MR) is 102 cm³/mol. The molecule has 0 saturated heterocycles. The van der Waals surface area contributed by atoms with E-state index in [0.717, 1.165) is 36.8 Å². The lowest BCUT2D eigenvalue weighted by molar-refractivity contribution is 0.0294. The van der Waals surface area contributed by atoms with Crippen LogP contribution in [0.2, 0.25) is 0 Å². The molecule has 1 aliphatic heterocycles. The summed E-state index contributed by atoms with van der Waals surface area (Å²) in [7, 11) is 0. The molecule has 2 aromatic rings. The van der Waals surface area contributed by atoms with Crippen LogP contribution < -0.4 is 0 Å². The van der Waals surface area contributed by atoms with Crippen LogP contribution in [0.5, 0.6) is 0 Å². The number of fused-ring (bicyclic) bond motifs is 1. The van der Waals surface area contributed by atoms with Crippen LogP contribution in [0.3, 0.4) is 0 Å². The first-order valence-corrected chi connectivity index (χ1v) is 9.78. The Morgan fingerprint density at radius 3 is 2.56 bits per heavy atom. The summed E-state index contributed by atoms with van der Waals surface area (Å²) in [6.07, 6.45) is 5.18. The van der Waals surface area contributed by atoms with Gasteiger partial charge in [0.25, 0.3) is 0 Å². The lowest BCUT2D eigenvalue weighted by Crippen LogP contribution is -2.26. The molecule has 0 bridgehead atoms. The molecule has 3 rings (SSSR count). The first-order chi connectivity index (χ1) is 13.0. The third kappa shape index (κ3) is 4.55. The van der Waals surface area contributed by atoms with Crippen molar-refractivity contribution >= 4 is 5.97 Å². The maximum absolute atomic E-state index is 14.8. The number of unbranched alkanes of at least 4 members (excludes halogenated alkanes) is 2. The third-order valence-corrected chi connectivity index (χ3v) is 5.18. The second kappa shape index (κ2) is 8.64. The van der Waals surface area contributed by atoms with E-state index in [0.29, 0.717) is 30.4 Å². The van der Waals surface area contributed by atoms with Gasteiger partial charge in [-0.25, -0.2) is 13.6 Å². The van der Waals surface area contributed by atoms with E-state index in [2.05, 4.69) is 6.92 Å². The zero-order valence-corrected chi connectivity index (χ0v) is 16.0. The quantitative estimate of drug-likeness (QED) is 0.468. The van der Waals surface area contributed by atoms with Gasteiger partial charge in [-0.3, -0.25) is 0 Å². The maximum Gasteiger partial charge on any atom is 0.341 e. The van der Waals surface area contributed by atoms with Gasteiger partial charge in [0.05, 0.1) is 5.56 Å². The molecule has 0 amide bonds. The Kier molecular flexibility index (Phi) is 6.25. The van der Waals surface area contributed by atoms with E-state index in [1.807, 2.05) is 18.2 Å². The SMILES string of the molecule is CCCCCc1ccc(CCc2ccc3c(c2F)C(=O)OC(C)C3)cc1F. The standard InChI is InChI=1S/C23H26F2O2/c1-3-4-5-6-17-9-7-16(14-20(17)24)8-10-18-11-12-19-13-15(2)27-23(26)21(19)22(18)25/h7,9,11-12,14-15H,3-6,8,10,13H2,1-2H3. The highest BCUT2D eigenvalue weighted by molar-refractivity contribution is 5.92. The second-order valence-electron chi connectivity index (χ2n) is 7.38. The molecule has 144 valence electrons. The normalized spacial score (nSPS) is 16.1. The molecule has 4 heteroatoms. The minimum absolute atomic E-state index is 0.0584. The van der Waals surface area contributed by atoms with Crippen molar-refractivity contribution in [3.63, 3.8) is 0 Å². The summed E-state index contributed by atoms with van der Waals surface area (Å²) in [6.45, 7) is 3.92. The van der Waals surface area contributed by atoms with Gasteiger partial charge in [0.1, 0.15) is 17.7 Å². The predicted octanol–water partition coefficient (Wildman–Crippen LogP) is 5.58. The van der Waals surface area contributed by atoms with Gasteiger partial charge in [-0.2, -0.15) is 0 Å². The number of hydrogen-bond donors (Lipinski definition) is 0. The lowest BCUT2D eigenvalue weighted by Gasteiger charge is -2.22. The Bertz CT molecular complexity index is 829. The molecule has 0 aliphatic carbocycles. The second-order valence-corrected chi connectivity index (χ2v) is 7.38. The van der Waals surface area contributed by atoms with E-state index in [-0.39, 0.29) is 17.5 Å². The topological polar surface area (TPSA) is 26.3 Å². The molecule has 0 spiro atoms. The highest BCUT2D eigenvalue weighted by Gasteiger charge is 2.28. The Balaban J connectivity index is 1.69. The van der Waals surface area contributed by atoms with Crippen LogP contribution in [0.25, 0.3) is 0 Å².